The number of furan rings is 1. The van der Waals surface area contributed by atoms with Crippen LogP contribution in [-0.4, -0.2) is 9.13 Å². The van der Waals surface area contributed by atoms with Crippen LogP contribution in [0, 0.1) is 0 Å². The quantitative estimate of drug-likeness (QED) is 0.186. The fourth-order valence-corrected chi connectivity index (χ4v) is 8.32. The van der Waals surface area contributed by atoms with Crippen LogP contribution in [0.1, 0.15) is 0 Å². The van der Waals surface area contributed by atoms with Gasteiger partial charge in [-0.05, 0) is 89.0 Å². The molecule has 0 radical (unpaired) electrons. The minimum absolute atomic E-state index is 0.887. The van der Waals surface area contributed by atoms with E-state index in [4.69, 9.17) is 4.42 Å². The smallest absolute Gasteiger partial charge is 0.137 e. The second-order valence-corrected chi connectivity index (χ2v) is 13.3. The van der Waals surface area contributed by atoms with E-state index >= 15 is 0 Å². The van der Waals surface area contributed by atoms with Crippen LogP contribution in [0.25, 0.3) is 99.2 Å². The van der Waals surface area contributed by atoms with Crippen LogP contribution in [-0.2, 0) is 0 Å². The normalized spacial score (nSPS) is 11.9. The first-order valence-electron chi connectivity index (χ1n) is 17.4. The van der Waals surface area contributed by atoms with Gasteiger partial charge >= 0.3 is 0 Å². The van der Waals surface area contributed by atoms with Crippen LogP contribution in [0.15, 0.2) is 186 Å². The molecule has 3 nitrogen and oxygen atoms in total. The number of benzene rings is 8. The summed E-state index contributed by atoms with van der Waals surface area (Å²) in [5, 5.41) is 7.19. The highest BCUT2D eigenvalue weighted by Crippen LogP contribution is 2.46. The molecule has 238 valence electrons. The number of aromatic nitrogens is 2. The van der Waals surface area contributed by atoms with Gasteiger partial charge in [0.15, 0.2) is 0 Å². The third kappa shape index (κ3) is 4.12. The SMILES string of the molecule is c1ccc(-c2cc(-c3ccccc3)cc(-n3c4ccc5c(c6ccccc6n5-c5ccccc5)c4c4ccc5oc6ccccc6c5c43)c2)cc1. The van der Waals surface area contributed by atoms with Crippen LogP contribution in [0.4, 0.5) is 0 Å². The highest BCUT2D eigenvalue weighted by Gasteiger charge is 2.24. The Hall–Kier alpha value is -6.84. The van der Waals surface area contributed by atoms with Gasteiger partial charge in [0.25, 0.3) is 0 Å². The van der Waals surface area contributed by atoms with Crippen molar-refractivity contribution in [3.8, 4) is 33.6 Å². The maximum absolute atomic E-state index is 6.54. The molecule has 3 aromatic heterocycles. The number of fused-ring (bicyclic) bond motifs is 11. The highest BCUT2D eigenvalue weighted by molar-refractivity contribution is 6.33. The molecule has 0 aliphatic carbocycles. The summed E-state index contributed by atoms with van der Waals surface area (Å²) in [5.74, 6) is 0. The summed E-state index contributed by atoms with van der Waals surface area (Å²) >= 11 is 0. The summed E-state index contributed by atoms with van der Waals surface area (Å²) in [6.45, 7) is 0. The molecule has 8 aromatic carbocycles. The van der Waals surface area contributed by atoms with Crippen molar-refractivity contribution >= 4 is 65.6 Å². The fraction of sp³-hybridized carbons (Fsp3) is 0. The van der Waals surface area contributed by atoms with Gasteiger partial charge in [-0.15, -0.1) is 0 Å². The monoisotopic (exact) mass is 650 g/mol. The molecule has 51 heavy (non-hydrogen) atoms. The first-order valence-corrected chi connectivity index (χ1v) is 17.4. The summed E-state index contributed by atoms with van der Waals surface area (Å²) in [6, 6.07) is 65.4. The number of rotatable bonds is 4. The van der Waals surface area contributed by atoms with E-state index in [1.54, 1.807) is 0 Å². The van der Waals surface area contributed by atoms with Crippen molar-refractivity contribution in [3.05, 3.63) is 182 Å². The molecule has 0 spiro atoms. The minimum atomic E-state index is 0.887. The maximum atomic E-state index is 6.54. The van der Waals surface area contributed by atoms with Crippen molar-refractivity contribution in [1.29, 1.82) is 0 Å². The molecule has 3 heteroatoms. The topological polar surface area (TPSA) is 23.0 Å². The Morgan fingerprint density at radius 3 is 1.59 bits per heavy atom. The Balaban J connectivity index is 1.35. The lowest BCUT2D eigenvalue weighted by Crippen LogP contribution is -1.97. The first-order chi connectivity index (χ1) is 25.3. The fourth-order valence-electron chi connectivity index (χ4n) is 8.32. The number of hydrogen-bond acceptors (Lipinski definition) is 1. The second-order valence-electron chi connectivity index (χ2n) is 13.3. The predicted octanol–water partition coefficient (Wildman–Crippen LogP) is 13.1. The summed E-state index contributed by atoms with van der Waals surface area (Å²) < 4.78 is 11.4. The first kappa shape index (κ1) is 28.0. The van der Waals surface area contributed by atoms with Crippen molar-refractivity contribution in [2.75, 3.05) is 0 Å². The minimum Gasteiger partial charge on any atom is -0.456 e. The van der Waals surface area contributed by atoms with Gasteiger partial charge in [-0.2, -0.15) is 0 Å². The zero-order chi connectivity index (χ0) is 33.5. The average molecular weight is 651 g/mol. The molecule has 0 amide bonds. The Morgan fingerprint density at radius 2 is 0.882 bits per heavy atom. The van der Waals surface area contributed by atoms with Crippen LogP contribution < -0.4 is 0 Å². The zero-order valence-corrected chi connectivity index (χ0v) is 27.6. The molecule has 0 aliphatic rings. The Bertz CT molecular complexity index is 3050. The molecule has 0 fully saturated rings. The van der Waals surface area contributed by atoms with E-state index < -0.39 is 0 Å². The third-order valence-corrected chi connectivity index (χ3v) is 10.5. The van der Waals surface area contributed by atoms with E-state index in [-0.39, 0.29) is 0 Å². The molecule has 0 unspecified atom stereocenters. The van der Waals surface area contributed by atoms with Crippen LogP contribution in [0.3, 0.4) is 0 Å². The second kappa shape index (κ2) is 10.8. The van der Waals surface area contributed by atoms with Crippen molar-refractivity contribution < 1.29 is 4.42 Å². The molecule has 0 bridgehead atoms. The van der Waals surface area contributed by atoms with Gasteiger partial charge in [-0.25, -0.2) is 0 Å². The van der Waals surface area contributed by atoms with Gasteiger partial charge in [0.05, 0.1) is 27.5 Å². The predicted molar refractivity (Wildman–Crippen MR) is 213 cm³/mol. The van der Waals surface area contributed by atoms with E-state index in [9.17, 15) is 0 Å². The molecule has 11 aromatic rings. The molecule has 0 atom stereocenters. The summed E-state index contributed by atoms with van der Waals surface area (Å²) in [7, 11) is 0. The molecule has 0 N–H and O–H groups in total. The van der Waals surface area contributed by atoms with Crippen molar-refractivity contribution in [2.24, 2.45) is 0 Å². The van der Waals surface area contributed by atoms with Crippen molar-refractivity contribution in [2.45, 2.75) is 0 Å². The maximum Gasteiger partial charge on any atom is 0.137 e. The van der Waals surface area contributed by atoms with Gasteiger partial charge < -0.3 is 13.6 Å². The highest BCUT2D eigenvalue weighted by atomic mass is 16.3. The van der Waals surface area contributed by atoms with Gasteiger partial charge in [0.2, 0.25) is 0 Å². The molecular weight excluding hydrogens is 621 g/mol. The largest absolute Gasteiger partial charge is 0.456 e. The molecule has 11 rings (SSSR count). The van der Waals surface area contributed by atoms with Gasteiger partial charge in [0, 0.05) is 38.3 Å². The van der Waals surface area contributed by atoms with E-state index in [0.29, 0.717) is 0 Å². The molecule has 0 aliphatic heterocycles. The molecule has 3 heterocycles. The summed E-state index contributed by atoms with van der Waals surface area (Å²) in [5.41, 5.74) is 13.5. The van der Waals surface area contributed by atoms with Crippen LogP contribution >= 0.6 is 0 Å². The van der Waals surface area contributed by atoms with Gasteiger partial charge in [0.1, 0.15) is 11.2 Å². The summed E-state index contributed by atoms with van der Waals surface area (Å²) in [4.78, 5) is 0. The number of para-hydroxylation sites is 3. The van der Waals surface area contributed by atoms with Crippen LogP contribution in [0.2, 0.25) is 0 Å². The Morgan fingerprint density at radius 1 is 0.314 bits per heavy atom. The number of nitrogens with zero attached hydrogens (tertiary/aromatic N) is 2. The molecule has 0 saturated heterocycles. The van der Waals surface area contributed by atoms with Gasteiger partial charge in [-0.1, -0.05) is 115 Å². The standard InChI is InChI=1S/C48H30N2O/c1-4-14-31(15-5-1)33-28-34(32-16-6-2-7-17-32)30-36(29-33)50-42-26-25-41-45(37-20-10-12-22-40(37)49(41)35-18-8-3-9-19-35)46(42)39-24-27-44-47(48(39)50)38-21-11-13-23-43(38)51-44/h1-30H. The molecular formula is C48H30N2O. The lowest BCUT2D eigenvalue weighted by molar-refractivity contribution is 0.669. The van der Waals surface area contributed by atoms with Crippen molar-refractivity contribution in [1.82, 2.24) is 9.13 Å². The van der Waals surface area contributed by atoms with Gasteiger partial charge in [-0.3, -0.25) is 0 Å². The van der Waals surface area contributed by atoms with E-state index in [1.165, 1.54) is 54.8 Å². The molecule has 0 saturated carbocycles. The average Bonchev–Trinajstić information content (AvgIpc) is 3.86. The Labute approximate surface area is 293 Å². The van der Waals surface area contributed by atoms with E-state index in [0.717, 1.165) is 44.3 Å². The number of hydrogen-bond donors (Lipinski definition) is 0. The lowest BCUT2D eigenvalue weighted by atomic mass is 9.98. The third-order valence-electron chi connectivity index (χ3n) is 10.5. The zero-order valence-electron chi connectivity index (χ0n) is 27.6. The van der Waals surface area contributed by atoms with Crippen LogP contribution in [0.5, 0.6) is 0 Å². The Kier molecular flexibility index (Phi) is 5.96. The summed E-state index contributed by atoms with van der Waals surface area (Å²) in [6.07, 6.45) is 0. The van der Waals surface area contributed by atoms with Crippen molar-refractivity contribution in [3.63, 3.8) is 0 Å². The van der Waals surface area contributed by atoms with E-state index in [1.807, 2.05) is 0 Å². The van der Waals surface area contributed by atoms with E-state index in [2.05, 4.69) is 191 Å². The lowest BCUT2D eigenvalue weighted by Gasteiger charge is -2.14.